The maximum absolute atomic E-state index is 5.58. The van der Waals surface area contributed by atoms with Crippen molar-refractivity contribution >= 4 is 15.9 Å². The number of rotatable bonds is 3. The van der Waals surface area contributed by atoms with Gasteiger partial charge in [0.15, 0.2) is 5.82 Å². The van der Waals surface area contributed by atoms with E-state index < -0.39 is 0 Å². The van der Waals surface area contributed by atoms with Gasteiger partial charge in [-0.15, -0.1) is 0 Å². The van der Waals surface area contributed by atoms with Crippen molar-refractivity contribution in [2.45, 2.75) is 20.3 Å². The predicted octanol–water partition coefficient (Wildman–Crippen LogP) is 3.02. The van der Waals surface area contributed by atoms with Gasteiger partial charge in [0.25, 0.3) is 0 Å². The third kappa shape index (κ3) is 2.94. The Morgan fingerprint density at radius 2 is 1.94 bits per heavy atom. The second-order valence-corrected chi connectivity index (χ2v) is 5.20. The highest BCUT2D eigenvalue weighted by Crippen LogP contribution is 2.26. The smallest absolute Gasteiger partial charge is 0.160 e. The summed E-state index contributed by atoms with van der Waals surface area (Å²) in [5, 5.41) is 0. The molecule has 18 heavy (non-hydrogen) atoms. The fraction of sp³-hybridized carbons (Fsp3) is 0.286. The van der Waals surface area contributed by atoms with Gasteiger partial charge in [0.2, 0.25) is 0 Å². The molecule has 0 fully saturated rings. The van der Waals surface area contributed by atoms with Gasteiger partial charge in [-0.25, -0.2) is 9.97 Å². The summed E-state index contributed by atoms with van der Waals surface area (Å²) in [6.45, 7) is 4.64. The second kappa shape index (κ2) is 5.59. The van der Waals surface area contributed by atoms with Gasteiger partial charge in [-0.3, -0.25) is 0 Å². The number of nitrogens with zero attached hydrogens (tertiary/aromatic N) is 2. The van der Waals surface area contributed by atoms with E-state index in [9.17, 15) is 0 Å². The summed E-state index contributed by atoms with van der Waals surface area (Å²) in [7, 11) is 0. The average molecular weight is 306 g/mol. The summed E-state index contributed by atoms with van der Waals surface area (Å²) in [6.07, 6.45) is 0.778. The Labute approximate surface area is 116 Å². The van der Waals surface area contributed by atoms with Crippen molar-refractivity contribution in [3.05, 3.63) is 45.7 Å². The number of nitrogens with two attached hydrogens (primary N) is 1. The van der Waals surface area contributed by atoms with Crippen LogP contribution in [-0.4, -0.2) is 16.5 Å². The number of benzene rings is 1. The molecule has 1 aromatic carbocycles. The van der Waals surface area contributed by atoms with Gasteiger partial charge in [0.1, 0.15) is 0 Å². The van der Waals surface area contributed by atoms with Crippen molar-refractivity contribution in [3.8, 4) is 11.4 Å². The number of halogens is 1. The van der Waals surface area contributed by atoms with Gasteiger partial charge in [-0.1, -0.05) is 22.0 Å². The molecule has 0 radical (unpaired) electrons. The van der Waals surface area contributed by atoms with E-state index in [0.717, 1.165) is 33.7 Å². The van der Waals surface area contributed by atoms with Crippen LogP contribution in [0.1, 0.15) is 17.0 Å². The Bertz CT molecular complexity index is 567. The quantitative estimate of drug-likeness (QED) is 0.948. The summed E-state index contributed by atoms with van der Waals surface area (Å²) >= 11 is 3.57. The standard InChI is InChI=1S/C14H16BrN3/c1-9-3-4-12(13(15)7-9)14-17-10(2)8-11(18-14)5-6-16/h3-4,7-8H,5-6,16H2,1-2H3. The lowest BCUT2D eigenvalue weighted by molar-refractivity contribution is 0.904. The van der Waals surface area contributed by atoms with Gasteiger partial charge in [0.05, 0.1) is 0 Å². The van der Waals surface area contributed by atoms with Crippen molar-refractivity contribution in [1.29, 1.82) is 0 Å². The number of aromatic nitrogens is 2. The zero-order valence-electron chi connectivity index (χ0n) is 10.6. The van der Waals surface area contributed by atoms with Crippen LogP contribution in [0.5, 0.6) is 0 Å². The maximum atomic E-state index is 5.58. The minimum absolute atomic E-state index is 0.602. The zero-order chi connectivity index (χ0) is 13.1. The molecule has 0 saturated heterocycles. The molecule has 2 N–H and O–H groups in total. The molecule has 0 spiro atoms. The van der Waals surface area contributed by atoms with E-state index in [0.29, 0.717) is 6.54 Å². The third-order valence-corrected chi connectivity index (χ3v) is 3.33. The van der Waals surface area contributed by atoms with E-state index in [-0.39, 0.29) is 0 Å². The van der Waals surface area contributed by atoms with Crippen LogP contribution in [0.2, 0.25) is 0 Å². The Kier molecular flexibility index (Phi) is 4.09. The normalized spacial score (nSPS) is 10.7. The Morgan fingerprint density at radius 1 is 1.17 bits per heavy atom. The number of hydrogen-bond donors (Lipinski definition) is 1. The molecule has 3 nitrogen and oxygen atoms in total. The molecule has 2 aromatic rings. The van der Waals surface area contributed by atoms with Crippen molar-refractivity contribution in [2.75, 3.05) is 6.54 Å². The molecule has 0 atom stereocenters. The van der Waals surface area contributed by atoms with Crippen LogP contribution in [0.25, 0.3) is 11.4 Å². The van der Waals surface area contributed by atoms with E-state index >= 15 is 0 Å². The highest BCUT2D eigenvalue weighted by molar-refractivity contribution is 9.10. The van der Waals surface area contributed by atoms with Crippen LogP contribution in [0.3, 0.4) is 0 Å². The van der Waals surface area contributed by atoms with Crippen LogP contribution in [0.4, 0.5) is 0 Å². The van der Waals surface area contributed by atoms with Crippen molar-refractivity contribution < 1.29 is 0 Å². The Hall–Kier alpha value is -1.26. The monoisotopic (exact) mass is 305 g/mol. The van der Waals surface area contributed by atoms with Crippen molar-refractivity contribution in [2.24, 2.45) is 5.73 Å². The highest BCUT2D eigenvalue weighted by atomic mass is 79.9. The van der Waals surface area contributed by atoms with Gasteiger partial charge in [0, 0.05) is 27.8 Å². The van der Waals surface area contributed by atoms with Crippen LogP contribution < -0.4 is 5.73 Å². The maximum Gasteiger partial charge on any atom is 0.160 e. The summed E-state index contributed by atoms with van der Waals surface area (Å²) in [5.41, 5.74) is 9.77. The molecular weight excluding hydrogens is 290 g/mol. The largest absolute Gasteiger partial charge is 0.330 e. The minimum atomic E-state index is 0.602. The van der Waals surface area contributed by atoms with Gasteiger partial charge in [-0.2, -0.15) is 0 Å². The molecule has 94 valence electrons. The topological polar surface area (TPSA) is 51.8 Å². The van der Waals surface area contributed by atoms with E-state index in [2.05, 4.69) is 45.0 Å². The Balaban J connectivity index is 2.49. The molecule has 0 aliphatic rings. The molecule has 0 saturated carbocycles. The van der Waals surface area contributed by atoms with Crippen LogP contribution in [0, 0.1) is 13.8 Å². The summed E-state index contributed by atoms with van der Waals surface area (Å²) in [6, 6.07) is 8.16. The van der Waals surface area contributed by atoms with E-state index in [1.54, 1.807) is 0 Å². The van der Waals surface area contributed by atoms with Gasteiger partial charge >= 0.3 is 0 Å². The predicted molar refractivity (Wildman–Crippen MR) is 77.4 cm³/mol. The first-order chi connectivity index (χ1) is 8.60. The third-order valence-electron chi connectivity index (χ3n) is 2.67. The van der Waals surface area contributed by atoms with Gasteiger partial charge < -0.3 is 5.73 Å². The minimum Gasteiger partial charge on any atom is -0.330 e. The summed E-state index contributed by atoms with van der Waals surface area (Å²) < 4.78 is 1.02. The molecule has 1 heterocycles. The van der Waals surface area contributed by atoms with E-state index in [1.807, 2.05) is 19.1 Å². The van der Waals surface area contributed by atoms with E-state index in [4.69, 9.17) is 5.73 Å². The highest BCUT2D eigenvalue weighted by Gasteiger charge is 2.08. The number of hydrogen-bond acceptors (Lipinski definition) is 3. The lowest BCUT2D eigenvalue weighted by atomic mass is 10.1. The molecule has 0 unspecified atom stereocenters. The molecule has 0 aliphatic heterocycles. The SMILES string of the molecule is Cc1ccc(-c2nc(C)cc(CCN)n2)c(Br)c1. The molecule has 1 aromatic heterocycles. The van der Waals surface area contributed by atoms with Crippen molar-refractivity contribution in [1.82, 2.24) is 9.97 Å². The summed E-state index contributed by atoms with van der Waals surface area (Å²) in [5.74, 6) is 0.755. The van der Waals surface area contributed by atoms with Crippen molar-refractivity contribution in [3.63, 3.8) is 0 Å². The lowest BCUT2D eigenvalue weighted by Gasteiger charge is -2.07. The van der Waals surface area contributed by atoms with Crippen LogP contribution in [-0.2, 0) is 6.42 Å². The first-order valence-electron chi connectivity index (χ1n) is 5.91. The summed E-state index contributed by atoms with van der Waals surface area (Å²) in [4.78, 5) is 9.06. The molecule has 0 aliphatic carbocycles. The first-order valence-corrected chi connectivity index (χ1v) is 6.70. The lowest BCUT2D eigenvalue weighted by Crippen LogP contribution is -2.06. The van der Waals surface area contributed by atoms with Crippen LogP contribution in [0.15, 0.2) is 28.7 Å². The second-order valence-electron chi connectivity index (χ2n) is 4.35. The fourth-order valence-electron chi connectivity index (χ4n) is 1.83. The first kappa shape index (κ1) is 13.2. The van der Waals surface area contributed by atoms with E-state index in [1.165, 1.54) is 5.56 Å². The molecule has 4 heteroatoms. The molecular formula is C14H16BrN3. The molecule has 0 bridgehead atoms. The molecule has 2 rings (SSSR count). The van der Waals surface area contributed by atoms with Crippen LogP contribution >= 0.6 is 15.9 Å². The number of aryl methyl sites for hydroxylation is 2. The fourth-order valence-corrected chi connectivity index (χ4v) is 2.50. The Morgan fingerprint density at radius 3 is 2.61 bits per heavy atom. The average Bonchev–Trinajstić information content (AvgIpc) is 2.28. The zero-order valence-corrected chi connectivity index (χ0v) is 12.2. The van der Waals surface area contributed by atoms with Gasteiger partial charge in [-0.05, 0) is 44.2 Å². The molecule has 0 amide bonds.